The second kappa shape index (κ2) is 5.85. The highest BCUT2D eigenvalue weighted by Crippen LogP contribution is 2.34. The van der Waals surface area contributed by atoms with E-state index < -0.39 is 0 Å². The maximum absolute atomic E-state index is 6.08. The number of hydrogen-bond donors (Lipinski definition) is 1. The molecule has 1 aromatic rings. The highest BCUT2D eigenvalue weighted by molar-refractivity contribution is 6.30. The first-order valence-corrected chi connectivity index (χ1v) is 6.60. The first kappa shape index (κ1) is 12.9. The first-order valence-electron chi connectivity index (χ1n) is 6.23. The largest absolute Gasteiger partial charge is 0.385 e. The van der Waals surface area contributed by atoms with Gasteiger partial charge < -0.3 is 10.1 Å². The van der Waals surface area contributed by atoms with Crippen LogP contribution in [0.15, 0.2) is 24.3 Å². The SMILES string of the molecule is COCCCCC1(c2cccc(Cl)c2)CNC1. The third kappa shape index (κ3) is 3.01. The molecule has 94 valence electrons. The van der Waals surface area contributed by atoms with Gasteiger partial charge in [0.05, 0.1) is 0 Å². The van der Waals surface area contributed by atoms with Crippen LogP contribution in [0.1, 0.15) is 24.8 Å². The van der Waals surface area contributed by atoms with Crippen LogP contribution in [0.2, 0.25) is 5.02 Å². The van der Waals surface area contributed by atoms with Crippen molar-refractivity contribution in [2.24, 2.45) is 0 Å². The van der Waals surface area contributed by atoms with Crippen LogP contribution in [0.25, 0.3) is 0 Å². The van der Waals surface area contributed by atoms with Crippen LogP contribution >= 0.6 is 11.6 Å². The van der Waals surface area contributed by atoms with Gasteiger partial charge in [-0.1, -0.05) is 30.2 Å². The van der Waals surface area contributed by atoms with Crippen molar-refractivity contribution in [3.63, 3.8) is 0 Å². The zero-order chi connectivity index (χ0) is 12.1. The molecule has 2 rings (SSSR count). The summed E-state index contributed by atoms with van der Waals surface area (Å²) < 4.78 is 5.10. The van der Waals surface area contributed by atoms with E-state index in [4.69, 9.17) is 16.3 Å². The van der Waals surface area contributed by atoms with Gasteiger partial charge in [0.1, 0.15) is 0 Å². The van der Waals surface area contributed by atoms with Crippen LogP contribution in [0.4, 0.5) is 0 Å². The summed E-state index contributed by atoms with van der Waals surface area (Å²) >= 11 is 6.08. The molecule has 1 heterocycles. The summed E-state index contributed by atoms with van der Waals surface area (Å²) in [7, 11) is 1.76. The predicted octanol–water partition coefficient (Wildman–Crippen LogP) is 3.00. The highest BCUT2D eigenvalue weighted by atomic mass is 35.5. The van der Waals surface area contributed by atoms with Crippen molar-refractivity contribution in [1.82, 2.24) is 5.32 Å². The summed E-state index contributed by atoms with van der Waals surface area (Å²) in [5.41, 5.74) is 1.68. The fourth-order valence-electron chi connectivity index (χ4n) is 2.48. The smallest absolute Gasteiger partial charge is 0.0462 e. The van der Waals surface area contributed by atoms with Crippen molar-refractivity contribution in [3.05, 3.63) is 34.9 Å². The molecule has 0 amide bonds. The molecule has 1 saturated heterocycles. The third-order valence-electron chi connectivity index (χ3n) is 3.62. The lowest BCUT2D eigenvalue weighted by atomic mass is 9.72. The number of benzene rings is 1. The van der Waals surface area contributed by atoms with E-state index in [0.29, 0.717) is 5.41 Å². The lowest BCUT2D eigenvalue weighted by Gasteiger charge is -2.43. The Balaban J connectivity index is 1.99. The molecule has 0 unspecified atom stereocenters. The van der Waals surface area contributed by atoms with Crippen LogP contribution < -0.4 is 5.32 Å². The van der Waals surface area contributed by atoms with Gasteiger partial charge in [-0.25, -0.2) is 0 Å². The number of rotatable bonds is 6. The Kier molecular flexibility index (Phi) is 4.43. The zero-order valence-corrected chi connectivity index (χ0v) is 11.1. The van der Waals surface area contributed by atoms with Crippen molar-refractivity contribution in [2.75, 3.05) is 26.8 Å². The van der Waals surface area contributed by atoms with Gasteiger partial charge in [-0.15, -0.1) is 0 Å². The number of unbranched alkanes of at least 4 members (excludes halogenated alkanes) is 1. The molecule has 1 aliphatic heterocycles. The van der Waals surface area contributed by atoms with Crippen LogP contribution in [0.3, 0.4) is 0 Å². The minimum absolute atomic E-state index is 0.304. The molecule has 0 aromatic heterocycles. The summed E-state index contributed by atoms with van der Waals surface area (Å²) in [6, 6.07) is 8.30. The Morgan fingerprint density at radius 3 is 2.76 bits per heavy atom. The number of hydrogen-bond acceptors (Lipinski definition) is 2. The Morgan fingerprint density at radius 2 is 2.18 bits per heavy atom. The van der Waals surface area contributed by atoms with E-state index in [1.807, 2.05) is 12.1 Å². The Labute approximate surface area is 108 Å². The van der Waals surface area contributed by atoms with Crippen molar-refractivity contribution >= 4 is 11.6 Å². The average Bonchev–Trinajstić information content (AvgIpc) is 2.27. The molecule has 3 heteroatoms. The van der Waals surface area contributed by atoms with Gasteiger partial charge in [0.25, 0.3) is 0 Å². The molecule has 0 aliphatic carbocycles. The topological polar surface area (TPSA) is 21.3 Å². The summed E-state index contributed by atoms with van der Waals surface area (Å²) in [5, 5.41) is 4.23. The summed E-state index contributed by atoms with van der Waals surface area (Å²) in [6.07, 6.45) is 3.56. The standard InChI is InChI=1S/C14H20ClNO/c1-17-8-3-2-7-14(10-16-11-14)12-5-4-6-13(15)9-12/h4-6,9,16H,2-3,7-8,10-11H2,1H3. The Morgan fingerprint density at radius 1 is 1.35 bits per heavy atom. The van der Waals surface area contributed by atoms with Crippen LogP contribution in [-0.4, -0.2) is 26.8 Å². The summed E-state index contributed by atoms with van der Waals surface area (Å²) in [6.45, 7) is 3.00. The predicted molar refractivity (Wildman–Crippen MR) is 71.7 cm³/mol. The average molecular weight is 254 g/mol. The van der Waals surface area contributed by atoms with Crippen LogP contribution in [-0.2, 0) is 10.2 Å². The molecular weight excluding hydrogens is 234 g/mol. The Bertz CT molecular complexity index is 363. The molecular formula is C14H20ClNO. The van der Waals surface area contributed by atoms with Crippen LogP contribution in [0, 0.1) is 0 Å². The Hall–Kier alpha value is -0.570. The molecule has 0 saturated carbocycles. The van der Waals surface area contributed by atoms with Crippen molar-refractivity contribution in [2.45, 2.75) is 24.7 Å². The monoisotopic (exact) mass is 253 g/mol. The molecule has 0 spiro atoms. The van der Waals surface area contributed by atoms with Gasteiger partial charge in [0.15, 0.2) is 0 Å². The van der Waals surface area contributed by atoms with Gasteiger partial charge in [-0.3, -0.25) is 0 Å². The normalized spacial score (nSPS) is 17.8. The summed E-state index contributed by atoms with van der Waals surface area (Å²) in [5.74, 6) is 0. The number of halogens is 1. The van der Waals surface area contributed by atoms with Gasteiger partial charge in [0, 0.05) is 37.2 Å². The second-order valence-corrected chi connectivity index (χ2v) is 5.28. The maximum Gasteiger partial charge on any atom is 0.0462 e. The van der Waals surface area contributed by atoms with E-state index in [-0.39, 0.29) is 0 Å². The fourth-order valence-corrected chi connectivity index (χ4v) is 2.67. The lowest BCUT2D eigenvalue weighted by molar-refractivity contribution is 0.181. The van der Waals surface area contributed by atoms with E-state index in [1.165, 1.54) is 18.4 Å². The quantitative estimate of drug-likeness (QED) is 0.787. The van der Waals surface area contributed by atoms with Crippen molar-refractivity contribution < 1.29 is 4.74 Å². The van der Waals surface area contributed by atoms with E-state index in [1.54, 1.807) is 7.11 Å². The van der Waals surface area contributed by atoms with Gasteiger partial charge in [-0.05, 0) is 30.5 Å². The highest BCUT2D eigenvalue weighted by Gasteiger charge is 2.37. The van der Waals surface area contributed by atoms with Gasteiger partial charge in [0.2, 0.25) is 0 Å². The number of nitrogens with one attached hydrogen (secondary N) is 1. The third-order valence-corrected chi connectivity index (χ3v) is 3.85. The van der Waals surface area contributed by atoms with Gasteiger partial charge in [-0.2, -0.15) is 0 Å². The van der Waals surface area contributed by atoms with Crippen molar-refractivity contribution in [1.29, 1.82) is 0 Å². The molecule has 1 aliphatic rings. The minimum atomic E-state index is 0.304. The second-order valence-electron chi connectivity index (χ2n) is 4.84. The van der Waals surface area contributed by atoms with Crippen LogP contribution in [0.5, 0.6) is 0 Å². The molecule has 0 radical (unpaired) electrons. The molecule has 0 atom stereocenters. The first-order chi connectivity index (χ1) is 8.27. The molecule has 17 heavy (non-hydrogen) atoms. The molecule has 1 fully saturated rings. The molecule has 1 N–H and O–H groups in total. The number of ether oxygens (including phenoxy) is 1. The van der Waals surface area contributed by atoms with E-state index in [0.717, 1.165) is 31.1 Å². The molecule has 0 bridgehead atoms. The van der Waals surface area contributed by atoms with Crippen molar-refractivity contribution in [3.8, 4) is 0 Å². The van der Waals surface area contributed by atoms with E-state index >= 15 is 0 Å². The minimum Gasteiger partial charge on any atom is -0.385 e. The summed E-state index contributed by atoms with van der Waals surface area (Å²) in [4.78, 5) is 0. The van der Waals surface area contributed by atoms with E-state index in [2.05, 4.69) is 17.4 Å². The molecule has 1 aromatic carbocycles. The maximum atomic E-state index is 6.08. The zero-order valence-electron chi connectivity index (χ0n) is 10.3. The van der Waals surface area contributed by atoms with E-state index in [9.17, 15) is 0 Å². The lowest BCUT2D eigenvalue weighted by Crippen LogP contribution is -2.56. The molecule has 2 nitrogen and oxygen atoms in total. The van der Waals surface area contributed by atoms with Gasteiger partial charge >= 0.3 is 0 Å². The number of methoxy groups -OCH3 is 1. The fraction of sp³-hybridized carbons (Fsp3) is 0.571.